The van der Waals surface area contributed by atoms with Crippen LogP contribution in [-0.2, 0) is 4.74 Å². The molecule has 29 heavy (non-hydrogen) atoms. The van der Waals surface area contributed by atoms with Crippen LogP contribution < -0.4 is 5.32 Å². The number of nitriles is 1. The SMILES string of the molecule is C/C=C(\C=C/CNC(=O)c1nc(C#N)c[nH]1)C(C)(C)N1CCN(CCOC)CC1. The monoisotopic (exact) mass is 400 g/mol. The van der Waals surface area contributed by atoms with Crippen molar-refractivity contribution >= 4 is 5.91 Å². The number of hydrogen-bond acceptors (Lipinski definition) is 6. The molecule has 0 saturated carbocycles. The molecule has 0 aromatic carbocycles. The third-order valence-corrected chi connectivity index (χ3v) is 5.38. The molecule has 0 atom stereocenters. The molecule has 1 aromatic rings. The number of nitrogens with one attached hydrogen (secondary N) is 2. The van der Waals surface area contributed by atoms with Gasteiger partial charge in [-0.2, -0.15) is 5.26 Å². The topological polar surface area (TPSA) is 97.3 Å². The zero-order chi connectivity index (χ0) is 21.3. The summed E-state index contributed by atoms with van der Waals surface area (Å²) in [7, 11) is 1.74. The summed E-state index contributed by atoms with van der Waals surface area (Å²) in [6.45, 7) is 12.8. The Morgan fingerprint density at radius 3 is 2.72 bits per heavy atom. The second-order valence-electron chi connectivity index (χ2n) is 7.48. The van der Waals surface area contributed by atoms with E-state index in [0.29, 0.717) is 6.54 Å². The highest BCUT2D eigenvalue weighted by atomic mass is 16.5. The van der Waals surface area contributed by atoms with Gasteiger partial charge in [0.05, 0.1) is 6.61 Å². The first-order valence-corrected chi connectivity index (χ1v) is 9.95. The molecule has 0 bridgehead atoms. The van der Waals surface area contributed by atoms with Crippen LogP contribution in [0.15, 0.2) is 30.0 Å². The van der Waals surface area contributed by atoms with Crippen LogP contribution in [-0.4, -0.2) is 84.2 Å². The van der Waals surface area contributed by atoms with Crippen molar-refractivity contribution in [2.45, 2.75) is 26.3 Å². The first kappa shape index (κ1) is 22.8. The Balaban J connectivity index is 1.86. The summed E-state index contributed by atoms with van der Waals surface area (Å²) in [6.07, 6.45) is 7.56. The molecule has 8 nitrogen and oxygen atoms in total. The van der Waals surface area contributed by atoms with Gasteiger partial charge >= 0.3 is 0 Å². The number of amides is 1. The van der Waals surface area contributed by atoms with Gasteiger partial charge in [0.2, 0.25) is 0 Å². The van der Waals surface area contributed by atoms with Gasteiger partial charge in [-0.3, -0.25) is 14.6 Å². The maximum atomic E-state index is 12.1. The van der Waals surface area contributed by atoms with Crippen molar-refractivity contribution in [3.8, 4) is 6.07 Å². The number of piperazine rings is 1. The minimum atomic E-state index is -0.329. The van der Waals surface area contributed by atoms with E-state index >= 15 is 0 Å². The standard InChI is InChI=1S/C21H32N6O2/c1-5-17(7-6-8-23-20(28)19-24-16-18(15-22)25-19)21(2,3)27-11-9-26(10-12-27)13-14-29-4/h5-7,16H,8-14H2,1-4H3,(H,23,28)(H,24,25)/b7-6-,17-5+. The molecule has 158 valence electrons. The third kappa shape index (κ3) is 6.26. The van der Waals surface area contributed by atoms with Crippen LogP contribution in [0.3, 0.4) is 0 Å². The highest BCUT2D eigenvalue weighted by Crippen LogP contribution is 2.26. The normalized spacial score (nSPS) is 16.9. The lowest BCUT2D eigenvalue weighted by molar-refractivity contribution is 0.0574. The van der Waals surface area contributed by atoms with Gasteiger partial charge < -0.3 is 15.0 Å². The van der Waals surface area contributed by atoms with E-state index in [1.807, 2.05) is 19.1 Å². The molecule has 1 amide bonds. The van der Waals surface area contributed by atoms with Gasteiger partial charge in [-0.1, -0.05) is 18.2 Å². The Hall–Kier alpha value is -2.47. The lowest BCUT2D eigenvalue weighted by Gasteiger charge is -2.45. The molecule has 2 rings (SSSR count). The first-order chi connectivity index (χ1) is 13.9. The van der Waals surface area contributed by atoms with Crippen molar-refractivity contribution in [2.75, 3.05) is 53.0 Å². The van der Waals surface area contributed by atoms with Gasteiger partial charge in [0.1, 0.15) is 6.07 Å². The van der Waals surface area contributed by atoms with E-state index in [-0.39, 0.29) is 23.0 Å². The Kier molecular flexibility index (Phi) is 8.58. The number of hydrogen-bond donors (Lipinski definition) is 2. The number of imidazole rings is 1. The molecule has 1 saturated heterocycles. The molecule has 2 N–H and O–H groups in total. The van der Waals surface area contributed by atoms with Crippen LogP contribution in [0, 0.1) is 11.3 Å². The van der Waals surface area contributed by atoms with Crippen molar-refractivity contribution in [2.24, 2.45) is 0 Å². The van der Waals surface area contributed by atoms with Crippen LogP contribution in [0.25, 0.3) is 0 Å². The molecule has 0 aliphatic carbocycles. The summed E-state index contributed by atoms with van der Waals surface area (Å²) in [5.74, 6) is -0.183. The minimum absolute atomic E-state index is 0.0920. The quantitative estimate of drug-likeness (QED) is 0.611. The minimum Gasteiger partial charge on any atom is -0.383 e. The zero-order valence-corrected chi connectivity index (χ0v) is 17.9. The summed E-state index contributed by atoms with van der Waals surface area (Å²) in [5.41, 5.74) is 1.32. The molecular weight excluding hydrogens is 368 g/mol. The summed E-state index contributed by atoms with van der Waals surface area (Å²) < 4.78 is 5.18. The van der Waals surface area contributed by atoms with Crippen LogP contribution >= 0.6 is 0 Å². The number of carbonyl (C=O) groups excluding carboxylic acids is 1. The Morgan fingerprint density at radius 1 is 1.41 bits per heavy atom. The summed E-state index contributed by atoms with van der Waals surface area (Å²) >= 11 is 0. The fourth-order valence-corrected chi connectivity index (χ4v) is 3.50. The molecule has 0 spiro atoms. The van der Waals surface area contributed by atoms with Gasteiger partial charge in [-0.15, -0.1) is 0 Å². The maximum absolute atomic E-state index is 12.1. The highest BCUT2D eigenvalue weighted by Gasteiger charge is 2.31. The molecule has 1 fully saturated rings. The number of aromatic amines is 1. The molecular formula is C21H32N6O2. The van der Waals surface area contributed by atoms with E-state index in [2.05, 4.69) is 51.1 Å². The summed E-state index contributed by atoms with van der Waals surface area (Å²) in [6, 6.07) is 1.89. The summed E-state index contributed by atoms with van der Waals surface area (Å²) in [5, 5.41) is 11.6. The maximum Gasteiger partial charge on any atom is 0.287 e. The van der Waals surface area contributed by atoms with Gasteiger partial charge in [0.15, 0.2) is 11.5 Å². The lowest BCUT2D eigenvalue weighted by Crippen LogP contribution is -2.55. The number of carbonyl (C=O) groups is 1. The number of aromatic nitrogens is 2. The number of rotatable bonds is 9. The fraction of sp³-hybridized carbons (Fsp3) is 0.571. The van der Waals surface area contributed by atoms with E-state index in [1.165, 1.54) is 11.8 Å². The Labute approximate surface area is 173 Å². The predicted molar refractivity (Wildman–Crippen MR) is 113 cm³/mol. The van der Waals surface area contributed by atoms with Crippen molar-refractivity contribution in [1.82, 2.24) is 25.1 Å². The molecule has 0 unspecified atom stereocenters. The van der Waals surface area contributed by atoms with E-state index in [9.17, 15) is 4.79 Å². The first-order valence-electron chi connectivity index (χ1n) is 9.95. The van der Waals surface area contributed by atoms with E-state index in [0.717, 1.165) is 39.3 Å². The van der Waals surface area contributed by atoms with E-state index < -0.39 is 0 Å². The van der Waals surface area contributed by atoms with Gasteiger partial charge in [-0.25, -0.2) is 4.98 Å². The lowest BCUT2D eigenvalue weighted by atomic mass is 9.90. The van der Waals surface area contributed by atoms with Crippen molar-refractivity contribution < 1.29 is 9.53 Å². The molecule has 8 heteroatoms. The van der Waals surface area contributed by atoms with Crippen LogP contribution in [0.5, 0.6) is 0 Å². The number of H-pyrrole nitrogens is 1. The van der Waals surface area contributed by atoms with Gasteiger partial charge in [-0.05, 0) is 26.3 Å². The number of nitrogens with zero attached hydrogens (tertiary/aromatic N) is 4. The Bertz CT molecular complexity index is 766. The third-order valence-electron chi connectivity index (χ3n) is 5.38. The molecule has 2 heterocycles. The van der Waals surface area contributed by atoms with Gasteiger partial charge in [0.25, 0.3) is 5.91 Å². The molecule has 0 radical (unpaired) electrons. The average Bonchev–Trinajstić information content (AvgIpc) is 3.21. The molecule has 1 aromatic heterocycles. The second kappa shape index (κ2) is 10.9. The fourth-order valence-electron chi connectivity index (χ4n) is 3.50. The number of ether oxygens (including phenoxy) is 1. The summed E-state index contributed by atoms with van der Waals surface area (Å²) in [4.78, 5) is 23.6. The van der Waals surface area contributed by atoms with Crippen LogP contribution in [0.4, 0.5) is 0 Å². The molecule has 1 aliphatic heterocycles. The van der Waals surface area contributed by atoms with Crippen LogP contribution in [0.2, 0.25) is 0 Å². The Morgan fingerprint density at radius 2 is 2.14 bits per heavy atom. The van der Waals surface area contributed by atoms with Crippen molar-refractivity contribution in [1.29, 1.82) is 5.26 Å². The second-order valence-corrected chi connectivity index (χ2v) is 7.48. The largest absolute Gasteiger partial charge is 0.383 e. The zero-order valence-electron chi connectivity index (χ0n) is 17.9. The van der Waals surface area contributed by atoms with E-state index in [4.69, 9.17) is 10.00 Å². The smallest absolute Gasteiger partial charge is 0.287 e. The van der Waals surface area contributed by atoms with Gasteiger partial charge in [0, 0.05) is 58.1 Å². The van der Waals surface area contributed by atoms with Crippen LogP contribution in [0.1, 0.15) is 37.1 Å². The molecule has 1 aliphatic rings. The average molecular weight is 401 g/mol. The highest BCUT2D eigenvalue weighted by molar-refractivity contribution is 5.90. The van der Waals surface area contributed by atoms with E-state index in [1.54, 1.807) is 7.11 Å². The number of methoxy groups -OCH3 is 1. The number of allylic oxidation sites excluding steroid dienone is 1. The van der Waals surface area contributed by atoms with Crippen molar-refractivity contribution in [3.63, 3.8) is 0 Å². The predicted octanol–water partition coefficient (Wildman–Crippen LogP) is 1.56. The van der Waals surface area contributed by atoms with Crippen molar-refractivity contribution in [3.05, 3.63) is 41.5 Å².